The van der Waals surface area contributed by atoms with Gasteiger partial charge in [-0.15, -0.1) is 0 Å². The van der Waals surface area contributed by atoms with Gasteiger partial charge in [0.1, 0.15) is 11.5 Å². The number of ether oxygens (including phenoxy) is 1. The number of phenolic OH excluding ortho intramolecular Hbond substituents is 1. The van der Waals surface area contributed by atoms with E-state index in [0.29, 0.717) is 6.61 Å². The summed E-state index contributed by atoms with van der Waals surface area (Å²) >= 11 is 0. The molecule has 0 spiro atoms. The van der Waals surface area contributed by atoms with Crippen LogP contribution in [0.4, 0.5) is 0 Å². The minimum atomic E-state index is -0.407. The van der Waals surface area contributed by atoms with Gasteiger partial charge in [0.2, 0.25) is 0 Å². The van der Waals surface area contributed by atoms with Crippen LogP contribution >= 0.6 is 0 Å². The molecule has 0 radical (unpaired) electrons. The lowest BCUT2D eigenvalue weighted by Gasteiger charge is -2.27. The van der Waals surface area contributed by atoms with E-state index in [9.17, 15) is 5.11 Å². The van der Waals surface area contributed by atoms with Crippen molar-refractivity contribution < 1.29 is 9.84 Å². The summed E-state index contributed by atoms with van der Waals surface area (Å²) < 4.78 is 5.56. The number of aromatic hydroxyl groups is 1. The van der Waals surface area contributed by atoms with Gasteiger partial charge in [-0.05, 0) is 31.9 Å². The summed E-state index contributed by atoms with van der Waals surface area (Å²) in [6.07, 6.45) is 4.09. The molecule has 1 aliphatic carbocycles. The standard InChI is InChI=1S/C13H19NO2/c1-2-16-11-7-5-6-10(15)12(11)13(14)8-3-4-9-13/h5-7,15H,2-4,8-9,14H2,1H3. The maximum Gasteiger partial charge on any atom is 0.128 e. The topological polar surface area (TPSA) is 55.5 Å². The van der Waals surface area contributed by atoms with E-state index in [4.69, 9.17) is 10.5 Å². The fraction of sp³-hybridized carbons (Fsp3) is 0.538. The Morgan fingerprint density at radius 2 is 2.06 bits per heavy atom. The molecule has 3 nitrogen and oxygen atoms in total. The molecule has 2 rings (SSSR count). The molecule has 1 saturated carbocycles. The number of rotatable bonds is 3. The highest BCUT2D eigenvalue weighted by atomic mass is 16.5. The van der Waals surface area contributed by atoms with Gasteiger partial charge >= 0.3 is 0 Å². The normalized spacial score (nSPS) is 18.6. The predicted molar refractivity (Wildman–Crippen MR) is 63.6 cm³/mol. The molecule has 0 unspecified atom stereocenters. The highest BCUT2D eigenvalue weighted by molar-refractivity contribution is 5.49. The third-order valence-corrected chi connectivity index (χ3v) is 3.30. The fourth-order valence-corrected chi connectivity index (χ4v) is 2.55. The van der Waals surface area contributed by atoms with E-state index in [0.717, 1.165) is 37.0 Å². The van der Waals surface area contributed by atoms with Crippen LogP contribution in [0.5, 0.6) is 11.5 Å². The van der Waals surface area contributed by atoms with Crippen molar-refractivity contribution in [1.82, 2.24) is 0 Å². The van der Waals surface area contributed by atoms with E-state index in [1.165, 1.54) is 0 Å². The number of hydrogen-bond donors (Lipinski definition) is 2. The van der Waals surface area contributed by atoms with Crippen LogP contribution in [0.2, 0.25) is 0 Å². The van der Waals surface area contributed by atoms with E-state index < -0.39 is 5.54 Å². The quantitative estimate of drug-likeness (QED) is 0.824. The van der Waals surface area contributed by atoms with Gasteiger partial charge in [0.15, 0.2) is 0 Å². The highest BCUT2D eigenvalue weighted by Gasteiger charge is 2.36. The Labute approximate surface area is 96.2 Å². The second kappa shape index (κ2) is 4.34. The zero-order chi connectivity index (χ0) is 11.6. The van der Waals surface area contributed by atoms with Crippen molar-refractivity contribution in [3.05, 3.63) is 23.8 Å². The van der Waals surface area contributed by atoms with E-state index >= 15 is 0 Å². The van der Waals surface area contributed by atoms with Crippen LogP contribution < -0.4 is 10.5 Å². The first kappa shape index (κ1) is 11.3. The lowest BCUT2D eigenvalue weighted by molar-refractivity contribution is 0.315. The van der Waals surface area contributed by atoms with Crippen molar-refractivity contribution in [1.29, 1.82) is 0 Å². The smallest absolute Gasteiger partial charge is 0.128 e. The Bertz CT molecular complexity index is 370. The third-order valence-electron chi connectivity index (χ3n) is 3.30. The zero-order valence-corrected chi connectivity index (χ0v) is 9.70. The van der Waals surface area contributed by atoms with E-state index in [1.807, 2.05) is 13.0 Å². The Kier molecular flexibility index (Phi) is 3.06. The maximum atomic E-state index is 9.98. The van der Waals surface area contributed by atoms with Crippen molar-refractivity contribution in [2.75, 3.05) is 6.61 Å². The molecule has 16 heavy (non-hydrogen) atoms. The van der Waals surface area contributed by atoms with Gasteiger partial charge < -0.3 is 15.6 Å². The molecule has 1 aromatic rings. The summed E-state index contributed by atoms with van der Waals surface area (Å²) in [5.41, 5.74) is 6.75. The van der Waals surface area contributed by atoms with E-state index in [-0.39, 0.29) is 5.75 Å². The van der Waals surface area contributed by atoms with Crippen molar-refractivity contribution in [3.63, 3.8) is 0 Å². The van der Waals surface area contributed by atoms with Gasteiger partial charge in [-0.25, -0.2) is 0 Å². The van der Waals surface area contributed by atoms with Crippen molar-refractivity contribution in [3.8, 4) is 11.5 Å². The monoisotopic (exact) mass is 221 g/mol. The molecular formula is C13H19NO2. The summed E-state index contributed by atoms with van der Waals surface area (Å²) in [5, 5.41) is 9.98. The molecule has 0 amide bonds. The molecule has 3 N–H and O–H groups in total. The summed E-state index contributed by atoms with van der Waals surface area (Å²) in [7, 11) is 0. The number of benzene rings is 1. The first-order valence-electron chi connectivity index (χ1n) is 5.91. The first-order chi connectivity index (χ1) is 7.67. The average Bonchev–Trinajstić information content (AvgIpc) is 2.66. The van der Waals surface area contributed by atoms with Gasteiger partial charge in [-0.3, -0.25) is 0 Å². The molecule has 1 fully saturated rings. The molecule has 0 atom stereocenters. The summed E-state index contributed by atoms with van der Waals surface area (Å²) in [6, 6.07) is 5.36. The molecular weight excluding hydrogens is 202 g/mol. The molecule has 3 heteroatoms. The largest absolute Gasteiger partial charge is 0.507 e. The minimum absolute atomic E-state index is 0.260. The molecule has 0 heterocycles. The van der Waals surface area contributed by atoms with Gasteiger partial charge in [0.05, 0.1) is 12.2 Å². The fourth-order valence-electron chi connectivity index (χ4n) is 2.55. The zero-order valence-electron chi connectivity index (χ0n) is 9.70. The first-order valence-corrected chi connectivity index (χ1v) is 5.91. The van der Waals surface area contributed by atoms with Crippen LogP contribution in [0.3, 0.4) is 0 Å². The van der Waals surface area contributed by atoms with Crippen LogP contribution in [0.1, 0.15) is 38.2 Å². The maximum absolute atomic E-state index is 9.98. The summed E-state index contributed by atoms with van der Waals surface area (Å²) in [6.45, 7) is 2.53. The lowest BCUT2D eigenvalue weighted by Crippen LogP contribution is -2.33. The SMILES string of the molecule is CCOc1cccc(O)c1C1(N)CCCC1. The van der Waals surface area contributed by atoms with Gasteiger partial charge in [-0.1, -0.05) is 18.9 Å². The number of hydrogen-bond acceptors (Lipinski definition) is 3. The summed E-state index contributed by atoms with van der Waals surface area (Å²) in [5.74, 6) is 0.988. The molecule has 0 aliphatic heterocycles. The second-order valence-corrected chi connectivity index (χ2v) is 4.45. The highest BCUT2D eigenvalue weighted by Crippen LogP contribution is 2.44. The molecule has 88 valence electrons. The Hall–Kier alpha value is -1.22. The van der Waals surface area contributed by atoms with Crippen LogP contribution in [0, 0.1) is 0 Å². The Morgan fingerprint density at radius 1 is 1.38 bits per heavy atom. The summed E-state index contributed by atoms with van der Waals surface area (Å²) in [4.78, 5) is 0. The van der Waals surface area contributed by atoms with E-state index in [2.05, 4.69) is 0 Å². The van der Waals surface area contributed by atoms with Crippen LogP contribution in [0.15, 0.2) is 18.2 Å². The molecule has 0 aromatic heterocycles. The molecule has 1 aliphatic rings. The van der Waals surface area contributed by atoms with Gasteiger partial charge in [-0.2, -0.15) is 0 Å². The molecule has 0 saturated heterocycles. The average molecular weight is 221 g/mol. The third kappa shape index (κ3) is 1.87. The predicted octanol–water partition coefficient (Wildman–Crippen LogP) is 2.52. The number of nitrogens with two attached hydrogens (primary N) is 1. The van der Waals surface area contributed by atoms with Crippen molar-refractivity contribution in [2.45, 2.75) is 38.1 Å². The van der Waals surface area contributed by atoms with Gasteiger partial charge in [0.25, 0.3) is 0 Å². The Balaban J connectivity index is 2.44. The minimum Gasteiger partial charge on any atom is -0.507 e. The number of phenols is 1. The van der Waals surface area contributed by atoms with Crippen molar-refractivity contribution >= 4 is 0 Å². The lowest BCUT2D eigenvalue weighted by atomic mass is 9.88. The van der Waals surface area contributed by atoms with Crippen LogP contribution in [-0.4, -0.2) is 11.7 Å². The molecule has 1 aromatic carbocycles. The Morgan fingerprint density at radius 3 is 2.69 bits per heavy atom. The van der Waals surface area contributed by atoms with Crippen LogP contribution in [-0.2, 0) is 5.54 Å². The van der Waals surface area contributed by atoms with E-state index in [1.54, 1.807) is 12.1 Å². The van der Waals surface area contributed by atoms with Crippen LogP contribution in [0.25, 0.3) is 0 Å². The van der Waals surface area contributed by atoms with Gasteiger partial charge in [0, 0.05) is 5.54 Å². The second-order valence-electron chi connectivity index (χ2n) is 4.45. The molecule has 0 bridgehead atoms. The van der Waals surface area contributed by atoms with Crippen molar-refractivity contribution in [2.24, 2.45) is 5.73 Å².